The number of hydrogen-bond acceptors (Lipinski definition) is 3. The molecule has 0 radical (unpaired) electrons. The van der Waals surface area contributed by atoms with Crippen molar-refractivity contribution in [3.63, 3.8) is 0 Å². The van der Waals surface area contributed by atoms with Crippen LogP contribution >= 0.6 is 0 Å². The minimum absolute atomic E-state index is 0.178. The third kappa shape index (κ3) is 4.36. The number of amides is 1. The molecule has 0 aliphatic carbocycles. The summed E-state index contributed by atoms with van der Waals surface area (Å²) in [7, 11) is 0. The molecule has 1 amide bonds. The standard InChI is InChI=1S/C20H25N3O/c1-17-7-5-6-10-19(17)21-15-20(24)23-13-11-22(12-14-23)16-18-8-3-2-4-9-18/h2-10,21H,11-16H2,1H3. The number of aryl methyl sites for hydroxylation is 1. The number of hydrogen-bond donors (Lipinski definition) is 1. The smallest absolute Gasteiger partial charge is 0.241 e. The van der Waals surface area contributed by atoms with Crippen molar-refractivity contribution < 1.29 is 4.79 Å². The van der Waals surface area contributed by atoms with Crippen LogP contribution in [-0.4, -0.2) is 48.4 Å². The van der Waals surface area contributed by atoms with Crippen molar-refractivity contribution in [2.45, 2.75) is 13.5 Å². The Morgan fingerprint density at radius 2 is 1.62 bits per heavy atom. The van der Waals surface area contributed by atoms with E-state index < -0.39 is 0 Å². The maximum atomic E-state index is 12.4. The number of carbonyl (C=O) groups is 1. The number of para-hydroxylation sites is 1. The summed E-state index contributed by atoms with van der Waals surface area (Å²) in [5.41, 5.74) is 3.53. The van der Waals surface area contributed by atoms with Gasteiger partial charge in [0, 0.05) is 38.4 Å². The van der Waals surface area contributed by atoms with E-state index in [4.69, 9.17) is 0 Å². The summed E-state index contributed by atoms with van der Waals surface area (Å²) in [5, 5.41) is 3.26. The van der Waals surface area contributed by atoms with Crippen LogP contribution in [0.5, 0.6) is 0 Å². The van der Waals surface area contributed by atoms with Gasteiger partial charge in [0.05, 0.1) is 6.54 Å². The minimum atomic E-state index is 0.178. The Morgan fingerprint density at radius 3 is 2.33 bits per heavy atom. The van der Waals surface area contributed by atoms with E-state index in [-0.39, 0.29) is 5.91 Å². The van der Waals surface area contributed by atoms with Gasteiger partial charge in [-0.2, -0.15) is 0 Å². The van der Waals surface area contributed by atoms with Gasteiger partial charge < -0.3 is 10.2 Å². The first-order valence-corrected chi connectivity index (χ1v) is 8.56. The number of nitrogens with one attached hydrogen (secondary N) is 1. The number of carbonyl (C=O) groups excluding carboxylic acids is 1. The van der Waals surface area contributed by atoms with E-state index in [0.29, 0.717) is 6.54 Å². The second kappa shape index (κ2) is 7.97. The van der Waals surface area contributed by atoms with Crippen molar-refractivity contribution in [3.8, 4) is 0 Å². The fraction of sp³-hybridized carbons (Fsp3) is 0.350. The van der Waals surface area contributed by atoms with Crippen LogP contribution in [0.15, 0.2) is 54.6 Å². The van der Waals surface area contributed by atoms with Gasteiger partial charge in [-0.15, -0.1) is 0 Å². The highest BCUT2D eigenvalue weighted by molar-refractivity contribution is 5.81. The second-order valence-electron chi connectivity index (χ2n) is 6.31. The number of anilines is 1. The third-order valence-corrected chi connectivity index (χ3v) is 4.55. The van der Waals surface area contributed by atoms with E-state index in [2.05, 4.69) is 47.5 Å². The van der Waals surface area contributed by atoms with Gasteiger partial charge in [0.15, 0.2) is 0 Å². The van der Waals surface area contributed by atoms with Crippen molar-refractivity contribution in [1.82, 2.24) is 9.80 Å². The number of benzene rings is 2. The maximum Gasteiger partial charge on any atom is 0.241 e. The van der Waals surface area contributed by atoms with Crippen LogP contribution in [0.25, 0.3) is 0 Å². The van der Waals surface area contributed by atoms with Crippen molar-refractivity contribution >= 4 is 11.6 Å². The highest BCUT2D eigenvalue weighted by atomic mass is 16.2. The van der Waals surface area contributed by atoms with E-state index in [1.54, 1.807) is 0 Å². The molecule has 3 rings (SSSR count). The van der Waals surface area contributed by atoms with Crippen molar-refractivity contribution in [1.29, 1.82) is 0 Å². The average Bonchev–Trinajstić information content (AvgIpc) is 2.62. The van der Waals surface area contributed by atoms with Crippen LogP contribution in [-0.2, 0) is 11.3 Å². The molecule has 126 valence electrons. The Kier molecular flexibility index (Phi) is 5.49. The molecule has 1 saturated heterocycles. The fourth-order valence-corrected chi connectivity index (χ4v) is 3.05. The van der Waals surface area contributed by atoms with Gasteiger partial charge in [-0.3, -0.25) is 9.69 Å². The molecule has 0 saturated carbocycles. The Balaban J connectivity index is 1.44. The molecule has 2 aromatic carbocycles. The Hall–Kier alpha value is -2.33. The molecule has 0 unspecified atom stereocenters. The molecule has 0 atom stereocenters. The lowest BCUT2D eigenvalue weighted by Gasteiger charge is -2.35. The quantitative estimate of drug-likeness (QED) is 0.919. The van der Waals surface area contributed by atoms with Gasteiger partial charge in [-0.25, -0.2) is 0 Å². The molecule has 24 heavy (non-hydrogen) atoms. The van der Waals surface area contributed by atoms with Crippen LogP contribution in [0.2, 0.25) is 0 Å². The summed E-state index contributed by atoms with van der Waals surface area (Å²) in [6, 6.07) is 18.6. The van der Waals surface area contributed by atoms with E-state index in [1.165, 1.54) is 5.56 Å². The molecule has 1 fully saturated rings. The van der Waals surface area contributed by atoms with Crippen LogP contribution in [0.4, 0.5) is 5.69 Å². The normalized spacial score (nSPS) is 15.3. The zero-order valence-corrected chi connectivity index (χ0v) is 14.2. The first kappa shape index (κ1) is 16.5. The molecule has 4 nitrogen and oxygen atoms in total. The summed E-state index contributed by atoms with van der Waals surface area (Å²) < 4.78 is 0. The molecule has 0 spiro atoms. The highest BCUT2D eigenvalue weighted by Crippen LogP contribution is 2.13. The van der Waals surface area contributed by atoms with E-state index in [1.807, 2.05) is 29.2 Å². The van der Waals surface area contributed by atoms with Gasteiger partial charge in [-0.1, -0.05) is 48.5 Å². The number of piperazine rings is 1. The van der Waals surface area contributed by atoms with Gasteiger partial charge >= 0.3 is 0 Å². The Morgan fingerprint density at radius 1 is 0.958 bits per heavy atom. The molecule has 0 aromatic heterocycles. The predicted molar refractivity (Wildman–Crippen MR) is 98.0 cm³/mol. The molecule has 1 N–H and O–H groups in total. The topological polar surface area (TPSA) is 35.6 Å². The molecule has 1 aliphatic rings. The van der Waals surface area contributed by atoms with Gasteiger partial charge in [0.25, 0.3) is 0 Å². The summed E-state index contributed by atoms with van der Waals surface area (Å²) >= 11 is 0. The minimum Gasteiger partial charge on any atom is -0.376 e. The van der Waals surface area contributed by atoms with Crippen LogP contribution in [0.3, 0.4) is 0 Å². The molecular weight excluding hydrogens is 298 g/mol. The zero-order chi connectivity index (χ0) is 16.8. The average molecular weight is 323 g/mol. The van der Waals surface area contributed by atoms with Crippen molar-refractivity contribution in [2.24, 2.45) is 0 Å². The molecule has 1 aliphatic heterocycles. The Bertz CT molecular complexity index is 664. The monoisotopic (exact) mass is 323 g/mol. The van der Waals surface area contributed by atoms with Crippen LogP contribution in [0.1, 0.15) is 11.1 Å². The molecule has 1 heterocycles. The van der Waals surface area contributed by atoms with E-state index in [0.717, 1.165) is 44.0 Å². The van der Waals surface area contributed by atoms with Crippen molar-refractivity contribution in [3.05, 3.63) is 65.7 Å². The summed E-state index contributed by atoms with van der Waals surface area (Å²) in [6.07, 6.45) is 0. The highest BCUT2D eigenvalue weighted by Gasteiger charge is 2.20. The lowest BCUT2D eigenvalue weighted by Crippen LogP contribution is -2.49. The first-order chi connectivity index (χ1) is 11.7. The number of rotatable bonds is 5. The lowest BCUT2D eigenvalue weighted by molar-refractivity contribution is -0.131. The number of nitrogens with zero attached hydrogens (tertiary/aromatic N) is 2. The maximum absolute atomic E-state index is 12.4. The van der Waals surface area contributed by atoms with Gasteiger partial charge in [0.2, 0.25) is 5.91 Å². The van der Waals surface area contributed by atoms with Crippen molar-refractivity contribution in [2.75, 3.05) is 38.0 Å². The largest absolute Gasteiger partial charge is 0.376 e. The zero-order valence-electron chi connectivity index (χ0n) is 14.2. The molecule has 0 bridgehead atoms. The SMILES string of the molecule is Cc1ccccc1NCC(=O)N1CCN(Cc2ccccc2)CC1. The molecule has 2 aromatic rings. The molecular formula is C20H25N3O. The van der Waals surface area contributed by atoms with E-state index >= 15 is 0 Å². The Labute approximate surface area is 144 Å². The summed E-state index contributed by atoms with van der Waals surface area (Å²) in [4.78, 5) is 16.8. The summed E-state index contributed by atoms with van der Waals surface area (Å²) in [6.45, 7) is 6.86. The summed E-state index contributed by atoms with van der Waals surface area (Å²) in [5.74, 6) is 0.178. The predicted octanol–water partition coefficient (Wildman–Crippen LogP) is 2.75. The van der Waals surface area contributed by atoms with Crippen LogP contribution < -0.4 is 5.32 Å². The van der Waals surface area contributed by atoms with Gasteiger partial charge in [0.1, 0.15) is 0 Å². The van der Waals surface area contributed by atoms with Gasteiger partial charge in [-0.05, 0) is 24.1 Å². The third-order valence-electron chi connectivity index (χ3n) is 4.55. The second-order valence-corrected chi connectivity index (χ2v) is 6.31. The first-order valence-electron chi connectivity index (χ1n) is 8.56. The fourth-order valence-electron chi connectivity index (χ4n) is 3.05. The van der Waals surface area contributed by atoms with E-state index in [9.17, 15) is 4.79 Å². The molecule has 4 heteroatoms. The van der Waals surface area contributed by atoms with Crippen LogP contribution in [0, 0.1) is 6.92 Å². The lowest BCUT2D eigenvalue weighted by atomic mass is 10.2.